The van der Waals surface area contributed by atoms with E-state index in [2.05, 4.69) is 20.3 Å². The summed E-state index contributed by atoms with van der Waals surface area (Å²) >= 11 is 1.31. The van der Waals surface area contributed by atoms with E-state index in [0.717, 1.165) is 0 Å². The molecule has 1 rings (SSSR count). The third-order valence-corrected chi connectivity index (χ3v) is 2.63. The van der Waals surface area contributed by atoms with Gasteiger partial charge in [0.2, 0.25) is 5.89 Å². The van der Waals surface area contributed by atoms with Crippen molar-refractivity contribution in [2.75, 3.05) is 19.9 Å². The highest BCUT2D eigenvalue weighted by Crippen LogP contribution is 2.16. The van der Waals surface area contributed by atoms with Gasteiger partial charge in [-0.25, -0.2) is 0 Å². The van der Waals surface area contributed by atoms with Gasteiger partial charge in [-0.1, -0.05) is 11.8 Å². The van der Waals surface area contributed by atoms with Crippen LogP contribution in [0.25, 0.3) is 0 Å². The molecular formula is C8H13N3O3S. The molecule has 0 fully saturated rings. The number of nitrogens with zero attached hydrogens (tertiary/aromatic N) is 2. The maximum Gasteiger partial charge on any atom is 0.323 e. The smallest absolute Gasteiger partial charge is 0.323 e. The Hall–Kier alpha value is -1.08. The molecule has 0 aliphatic carbocycles. The summed E-state index contributed by atoms with van der Waals surface area (Å²) in [5.41, 5.74) is 0. The highest BCUT2D eigenvalue weighted by Gasteiger charge is 2.18. The number of carbonyl (C=O) groups is 1. The van der Waals surface area contributed by atoms with Crippen molar-refractivity contribution in [3.63, 3.8) is 0 Å². The van der Waals surface area contributed by atoms with Crippen molar-refractivity contribution < 1.29 is 13.9 Å². The van der Waals surface area contributed by atoms with Crippen molar-refractivity contribution in [3.8, 4) is 0 Å². The predicted octanol–water partition coefficient (Wildman–Crippen LogP) is 0.231. The van der Waals surface area contributed by atoms with Gasteiger partial charge < -0.3 is 14.5 Å². The van der Waals surface area contributed by atoms with Crippen molar-refractivity contribution in [1.29, 1.82) is 0 Å². The lowest BCUT2D eigenvalue weighted by Gasteiger charge is -2.11. The van der Waals surface area contributed by atoms with E-state index < -0.39 is 0 Å². The maximum absolute atomic E-state index is 11.2. The molecule has 0 bridgehead atoms. The van der Waals surface area contributed by atoms with Gasteiger partial charge in [0, 0.05) is 12.7 Å². The number of rotatable bonds is 5. The summed E-state index contributed by atoms with van der Waals surface area (Å²) in [7, 11) is 3.05. The van der Waals surface area contributed by atoms with Gasteiger partial charge in [-0.3, -0.25) is 4.79 Å². The third-order valence-electron chi connectivity index (χ3n) is 1.72. The Bertz CT molecular complexity index is 329. The van der Waals surface area contributed by atoms with Gasteiger partial charge in [0.25, 0.3) is 5.22 Å². The molecule has 0 saturated carbocycles. The average molecular weight is 231 g/mol. The molecule has 0 aromatic carbocycles. The van der Waals surface area contributed by atoms with Crippen LogP contribution in [0.5, 0.6) is 0 Å². The molecule has 1 aromatic heterocycles. The van der Waals surface area contributed by atoms with E-state index in [1.54, 1.807) is 14.0 Å². The summed E-state index contributed by atoms with van der Waals surface area (Å²) in [5, 5.41) is 10.8. The van der Waals surface area contributed by atoms with Crippen molar-refractivity contribution in [2.24, 2.45) is 0 Å². The molecule has 0 saturated heterocycles. The first-order valence-corrected chi connectivity index (χ1v) is 5.34. The number of thioether (sulfide) groups is 1. The molecule has 0 spiro atoms. The van der Waals surface area contributed by atoms with Crippen LogP contribution in [0, 0.1) is 6.92 Å². The largest absolute Gasteiger partial charge is 0.468 e. The SMILES string of the molecule is CNC(CSc1nnc(C)o1)C(=O)OC. The van der Waals surface area contributed by atoms with E-state index >= 15 is 0 Å². The Morgan fingerprint density at radius 2 is 2.40 bits per heavy atom. The number of ether oxygens (including phenoxy) is 1. The highest BCUT2D eigenvalue weighted by molar-refractivity contribution is 7.99. The van der Waals surface area contributed by atoms with E-state index in [9.17, 15) is 4.79 Å². The second-order valence-corrected chi connectivity index (χ2v) is 3.73. The molecule has 15 heavy (non-hydrogen) atoms. The zero-order valence-corrected chi connectivity index (χ0v) is 9.63. The second-order valence-electron chi connectivity index (χ2n) is 2.76. The number of likely N-dealkylation sites (N-methyl/N-ethyl adjacent to an activating group) is 1. The van der Waals surface area contributed by atoms with Crippen LogP contribution in [0.2, 0.25) is 0 Å². The minimum atomic E-state index is -0.368. The van der Waals surface area contributed by atoms with Gasteiger partial charge in [0.05, 0.1) is 7.11 Å². The van der Waals surface area contributed by atoms with Crippen LogP contribution in [0.1, 0.15) is 5.89 Å². The average Bonchev–Trinajstić information content (AvgIpc) is 2.64. The van der Waals surface area contributed by atoms with Crippen molar-refractivity contribution in [1.82, 2.24) is 15.5 Å². The fourth-order valence-corrected chi connectivity index (χ4v) is 1.79. The standard InChI is InChI=1S/C8H13N3O3S/c1-5-10-11-8(14-5)15-4-6(9-2)7(12)13-3/h6,9H,4H2,1-3H3. The molecular weight excluding hydrogens is 218 g/mol. The summed E-state index contributed by atoms with van der Waals surface area (Å²) in [4.78, 5) is 11.2. The third kappa shape index (κ3) is 3.52. The van der Waals surface area contributed by atoms with E-state index in [-0.39, 0.29) is 12.0 Å². The number of hydrogen-bond donors (Lipinski definition) is 1. The van der Waals surface area contributed by atoms with Crippen LogP contribution in [-0.2, 0) is 9.53 Å². The minimum absolute atomic E-state index is 0.304. The maximum atomic E-state index is 11.2. The molecule has 0 radical (unpaired) electrons. The molecule has 0 aliphatic heterocycles. The lowest BCUT2D eigenvalue weighted by molar-refractivity contribution is -0.142. The Balaban J connectivity index is 2.44. The zero-order chi connectivity index (χ0) is 11.3. The van der Waals surface area contributed by atoms with Crippen LogP contribution in [0.15, 0.2) is 9.64 Å². The molecule has 0 aliphatic rings. The quantitative estimate of drug-likeness (QED) is 0.574. The first kappa shape index (κ1) is 12.0. The van der Waals surface area contributed by atoms with Crippen LogP contribution in [0.4, 0.5) is 0 Å². The fraction of sp³-hybridized carbons (Fsp3) is 0.625. The van der Waals surface area contributed by atoms with Crippen molar-refractivity contribution in [3.05, 3.63) is 5.89 Å². The fourth-order valence-electron chi connectivity index (χ4n) is 0.903. The molecule has 1 aromatic rings. The number of hydrogen-bond acceptors (Lipinski definition) is 7. The monoisotopic (exact) mass is 231 g/mol. The first-order valence-electron chi connectivity index (χ1n) is 4.35. The summed E-state index contributed by atoms with van der Waals surface area (Å²) in [5.74, 6) is 0.697. The number of methoxy groups -OCH3 is 1. The second kappa shape index (κ2) is 5.72. The topological polar surface area (TPSA) is 77.3 Å². The molecule has 84 valence electrons. The van der Waals surface area contributed by atoms with Gasteiger partial charge in [0.1, 0.15) is 6.04 Å². The van der Waals surface area contributed by atoms with Gasteiger partial charge in [-0.2, -0.15) is 0 Å². The van der Waals surface area contributed by atoms with Gasteiger partial charge in [-0.15, -0.1) is 10.2 Å². The van der Waals surface area contributed by atoms with Crippen LogP contribution in [0.3, 0.4) is 0 Å². The Labute approximate surface area is 91.8 Å². The zero-order valence-electron chi connectivity index (χ0n) is 8.81. The van der Waals surface area contributed by atoms with Crippen LogP contribution >= 0.6 is 11.8 Å². The van der Waals surface area contributed by atoms with E-state index in [0.29, 0.717) is 16.9 Å². The summed E-state index contributed by atoms with van der Waals surface area (Å²) in [6.07, 6.45) is 0. The minimum Gasteiger partial charge on any atom is -0.468 e. The highest BCUT2D eigenvalue weighted by atomic mass is 32.2. The number of esters is 1. The number of aryl methyl sites for hydroxylation is 1. The number of carbonyl (C=O) groups excluding carboxylic acids is 1. The summed E-state index contributed by atoms with van der Waals surface area (Å²) in [6.45, 7) is 1.72. The lowest BCUT2D eigenvalue weighted by atomic mass is 10.3. The summed E-state index contributed by atoms with van der Waals surface area (Å²) in [6, 6.07) is -0.368. The summed E-state index contributed by atoms with van der Waals surface area (Å²) < 4.78 is 9.77. The van der Waals surface area contributed by atoms with Crippen LogP contribution in [-0.4, -0.2) is 42.1 Å². The van der Waals surface area contributed by atoms with E-state index in [1.807, 2.05) is 0 Å². The molecule has 1 unspecified atom stereocenters. The van der Waals surface area contributed by atoms with Crippen molar-refractivity contribution in [2.45, 2.75) is 18.2 Å². The Kier molecular flexibility index (Phi) is 4.57. The van der Waals surface area contributed by atoms with Crippen molar-refractivity contribution >= 4 is 17.7 Å². The lowest BCUT2D eigenvalue weighted by Crippen LogP contribution is -2.37. The molecule has 6 nitrogen and oxygen atoms in total. The van der Waals surface area contributed by atoms with Gasteiger partial charge >= 0.3 is 5.97 Å². The number of nitrogens with one attached hydrogen (secondary N) is 1. The Morgan fingerprint density at radius 1 is 1.67 bits per heavy atom. The first-order chi connectivity index (χ1) is 7.17. The molecule has 1 heterocycles. The van der Waals surface area contributed by atoms with E-state index in [4.69, 9.17) is 4.42 Å². The molecule has 1 atom stereocenters. The normalized spacial score (nSPS) is 12.5. The Morgan fingerprint density at radius 3 is 2.87 bits per heavy atom. The molecule has 7 heteroatoms. The number of aromatic nitrogens is 2. The molecule has 1 N–H and O–H groups in total. The molecule has 0 amide bonds. The van der Waals surface area contributed by atoms with E-state index in [1.165, 1.54) is 18.9 Å². The van der Waals surface area contributed by atoms with Gasteiger partial charge in [-0.05, 0) is 7.05 Å². The van der Waals surface area contributed by atoms with Crippen LogP contribution < -0.4 is 5.32 Å². The van der Waals surface area contributed by atoms with Gasteiger partial charge in [0.15, 0.2) is 0 Å². The predicted molar refractivity (Wildman–Crippen MR) is 54.6 cm³/mol.